The third-order valence-electron chi connectivity index (χ3n) is 8.46. The van der Waals surface area contributed by atoms with Gasteiger partial charge in [-0.3, -0.25) is 4.79 Å². The van der Waals surface area contributed by atoms with Crippen LogP contribution in [0.2, 0.25) is 0 Å². The molecule has 0 saturated heterocycles. The van der Waals surface area contributed by atoms with Crippen LogP contribution in [0, 0.1) is 34.9 Å². The molecule has 0 bridgehead atoms. The van der Waals surface area contributed by atoms with E-state index < -0.39 is 75.9 Å². The van der Waals surface area contributed by atoms with Crippen molar-refractivity contribution in [3.05, 3.63) is 124 Å². The number of benzene rings is 4. The molecule has 264 valence electrons. The monoisotopic (exact) mass is 718 g/mol. The first-order valence-corrected chi connectivity index (χ1v) is 17.0. The van der Waals surface area contributed by atoms with Crippen LogP contribution in [0.25, 0.3) is 0 Å². The second-order valence-electron chi connectivity index (χ2n) is 13.2. The number of carbonyl (C=O) groups excluding carboxylic acids is 1. The molecule has 0 unspecified atom stereocenters. The van der Waals surface area contributed by atoms with Gasteiger partial charge in [0.25, 0.3) is 0 Å². The van der Waals surface area contributed by atoms with Gasteiger partial charge in [-0.05, 0) is 64.5 Å². The summed E-state index contributed by atoms with van der Waals surface area (Å²) in [6.45, 7) is 3.62. The molecule has 1 saturated carbocycles. The van der Waals surface area contributed by atoms with E-state index in [1.807, 2.05) is 32.9 Å². The van der Waals surface area contributed by atoms with Crippen molar-refractivity contribution in [3.8, 4) is 0 Å². The first-order chi connectivity index (χ1) is 23.4. The fourth-order valence-corrected chi connectivity index (χ4v) is 6.93. The number of rotatable bonds is 11. The summed E-state index contributed by atoms with van der Waals surface area (Å²) in [4.78, 5) is 13.2. The van der Waals surface area contributed by atoms with Gasteiger partial charge in [-0.25, -0.2) is 34.8 Å². The standard InChI is InChI=1S/C35H33BF6N2O5S/c1-35(2,3)24-15-20(14-23(16-24)21-8-9-21)17-44(26-12-10-25(11-13-26)36(46)47)28(45)19-43(18-22-6-4-5-7-27(22)37)50(48,49)34-32(41)30(39)29(38)31(40)33(34)42/h4-7,10-16,21,46-47H,8-9,17-19H2,1-3H3. The Balaban J connectivity index is 1.62. The lowest BCUT2D eigenvalue weighted by Gasteiger charge is -2.29. The smallest absolute Gasteiger partial charge is 0.423 e. The number of anilines is 1. The summed E-state index contributed by atoms with van der Waals surface area (Å²) < 4.78 is 115. The van der Waals surface area contributed by atoms with Crippen LogP contribution in [0.15, 0.2) is 71.6 Å². The molecule has 0 heterocycles. The van der Waals surface area contributed by atoms with Gasteiger partial charge in [0.1, 0.15) is 5.82 Å². The molecule has 0 aliphatic heterocycles. The van der Waals surface area contributed by atoms with E-state index in [1.54, 1.807) is 0 Å². The second kappa shape index (κ2) is 14.2. The summed E-state index contributed by atoms with van der Waals surface area (Å²) in [5.41, 5.74) is 2.20. The minimum absolute atomic E-state index is 0.0713. The molecule has 4 aromatic rings. The Morgan fingerprint density at radius 3 is 1.94 bits per heavy atom. The van der Waals surface area contributed by atoms with Crippen LogP contribution in [0.5, 0.6) is 0 Å². The molecule has 50 heavy (non-hydrogen) atoms. The molecule has 0 spiro atoms. The maximum absolute atomic E-state index is 14.9. The molecule has 0 aromatic heterocycles. The van der Waals surface area contributed by atoms with Gasteiger partial charge in [-0.1, -0.05) is 69.3 Å². The maximum Gasteiger partial charge on any atom is 0.488 e. The highest BCUT2D eigenvalue weighted by molar-refractivity contribution is 7.89. The number of carbonyl (C=O) groups is 1. The highest BCUT2D eigenvalue weighted by Gasteiger charge is 2.39. The van der Waals surface area contributed by atoms with Crippen LogP contribution in [0.4, 0.5) is 32.0 Å². The summed E-state index contributed by atoms with van der Waals surface area (Å²) in [7, 11) is -7.57. The van der Waals surface area contributed by atoms with E-state index in [-0.39, 0.29) is 33.0 Å². The van der Waals surface area contributed by atoms with E-state index in [1.165, 1.54) is 36.4 Å². The Hall–Kier alpha value is -4.18. The average Bonchev–Trinajstić information content (AvgIpc) is 3.91. The van der Waals surface area contributed by atoms with Crippen molar-refractivity contribution < 1.29 is 49.6 Å². The zero-order chi connectivity index (χ0) is 36.7. The molecule has 0 radical (unpaired) electrons. The van der Waals surface area contributed by atoms with Gasteiger partial charge in [0.2, 0.25) is 21.7 Å². The molecule has 7 nitrogen and oxygen atoms in total. The lowest BCUT2D eigenvalue weighted by molar-refractivity contribution is -0.119. The minimum Gasteiger partial charge on any atom is -0.423 e. The number of amides is 1. The predicted molar refractivity (Wildman–Crippen MR) is 175 cm³/mol. The minimum atomic E-state index is -5.72. The van der Waals surface area contributed by atoms with Crippen molar-refractivity contribution in [2.45, 2.75) is 62.9 Å². The molecular weight excluding hydrogens is 685 g/mol. The Morgan fingerprint density at radius 2 is 1.40 bits per heavy atom. The quantitative estimate of drug-likeness (QED) is 0.0885. The Labute approximate surface area is 286 Å². The zero-order valence-corrected chi connectivity index (χ0v) is 28.0. The van der Waals surface area contributed by atoms with E-state index in [4.69, 9.17) is 0 Å². The largest absolute Gasteiger partial charge is 0.488 e. The number of nitrogens with zero attached hydrogens (tertiary/aromatic N) is 2. The first-order valence-electron chi connectivity index (χ1n) is 15.6. The van der Waals surface area contributed by atoms with Crippen molar-refractivity contribution in [2.75, 3.05) is 11.4 Å². The fraction of sp³-hybridized carbons (Fsp3) is 0.286. The molecule has 2 N–H and O–H groups in total. The summed E-state index contributed by atoms with van der Waals surface area (Å²) in [6, 6.07) is 15.9. The van der Waals surface area contributed by atoms with Crippen LogP contribution >= 0.6 is 0 Å². The molecule has 1 fully saturated rings. The zero-order valence-electron chi connectivity index (χ0n) is 27.2. The van der Waals surface area contributed by atoms with E-state index >= 15 is 0 Å². The first kappa shape index (κ1) is 37.1. The third kappa shape index (κ3) is 7.75. The molecule has 5 rings (SSSR count). The summed E-state index contributed by atoms with van der Waals surface area (Å²) in [6.07, 6.45) is 1.95. The van der Waals surface area contributed by atoms with Gasteiger partial charge in [-0.15, -0.1) is 0 Å². The van der Waals surface area contributed by atoms with Gasteiger partial charge in [0, 0.05) is 17.8 Å². The van der Waals surface area contributed by atoms with Crippen molar-refractivity contribution in [2.24, 2.45) is 0 Å². The van der Waals surface area contributed by atoms with E-state index in [9.17, 15) is 49.6 Å². The van der Waals surface area contributed by atoms with Crippen molar-refractivity contribution in [3.63, 3.8) is 0 Å². The second-order valence-corrected chi connectivity index (χ2v) is 15.1. The molecule has 1 aliphatic carbocycles. The molecule has 0 atom stereocenters. The molecular formula is C35H33BF6N2O5S. The van der Waals surface area contributed by atoms with Gasteiger partial charge in [0.15, 0.2) is 28.2 Å². The van der Waals surface area contributed by atoms with Gasteiger partial charge in [0.05, 0.1) is 13.1 Å². The third-order valence-corrected chi connectivity index (χ3v) is 10.3. The Bertz CT molecular complexity index is 2010. The van der Waals surface area contributed by atoms with Crippen molar-refractivity contribution in [1.82, 2.24) is 4.31 Å². The lowest BCUT2D eigenvalue weighted by Crippen LogP contribution is -2.43. The van der Waals surface area contributed by atoms with Crippen LogP contribution < -0.4 is 10.4 Å². The number of sulfonamides is 1. The molecule has 4 aromatic carbocycles. The average molecular weight is 719 g/mol. The van der Waals surface area contributed by atoms with Crippen LogP contribution in [0.1, 0.15) is 61.8 Å². The lowest BCUT2D eigenvalue weighted by atomic mass is 9.80. The topological polar surface area (TPSA) is 98.2 Å². The number of hydrogen-bond acceptors (Lipinski definition) is 5. The van der Waals surface area contributed by atoms with E-state index in [2.05, 4.69) is 6.07 Å². The molecule has 1 aliphatic rings. The Kier molecular flexibility index (Phi) is 10.5. The van der Waals surface area contributed by atoms with Crippen molar-refractivity contribution in [1.29, 1.82) is 0 Å². The number of hydrogen-bond donors (Lipinski definition) is 2. The SMILES string of the molecule is CC(C)(C)c1cc(CN(C(=O)CN(Cc2ccccc2F)S(=O)(=O)c2c(F)c(F)c(F)c(F)c2F)c2ccc(B(O)O)cc2)cc(C2CC2)c1. The summed E-state index contributed by atoms with van der Waals surface area (Å²) in [5.74, 6) is -14.6. The normalized spacial score (nSPS) is 13.5. The van der Waals surface area contributed by atoms with Crippen molar-refractivity contribution >= 4 is 34.2 Å². The summed E-state index contributed by atoms with van der Waals surface area (Å²) in [5, 5.41) is 19.2. The van der Waals surface area contributed by atoms with Gasteiger partial charge in [-0.2, -0.15) is 4.31 Å². The fourth-order valence-electron chi connectivity index (χ4n) is 5.45. The van der Waals surface area contributed by atoms with Gasteiger partial charge >= 0.3 is 7.12 Å². The molecule has 15 heteroatoms. The highest BCUT2D eigenvalue weighted by Crippen LogP contribution is 2.42. The van der Waals surface area contributed by atoms with Crippen LogP contribution in [0.3, 0.4) is 0 Å². The summed E-state index contributed by atoms with van der Waals surface area (Å²) >= 11 is 0. The predicted octanol–water partition coefficient (Wildman–Crippen LogP) is 5.80. The van der Waals surface area contributed by atoms with Crippen LogP contribution in [-0.4, -0.2) is 42.3 Å². The maximum atomic E-state index is 14.9. The van der Waals surface area contributed by atoms with Gasteiger partial charge < -0.3 is 14.9 Å². The number of halogens is 6. The Morgan fingerprint density at radius 1 is 0.820 bits per heavy atom. The van der Waals surface area contributed by atoms with Crippen LogP contribution in [-0.2, 0) is 33.3 Å². The molecule has 1 amide bonds. The van der Waals surface area contributed by atoms with E-state index in [0.29, 0.717) is 11.5 Å². The highest BCUT2D eigenvalue weighted by atomic mass is 32.2. The van der Waals surface area contributed by atoms with E-state index in [0.717, 1.165) is 41.0 Å².